The highest BCUT2D eigenvalue weighted by atomic mass is 35.5. The smallest absolute Gasteiger partial charge is 0.331 e. The monoisotopic (exact) mass is 523 g/mol. The van der Waals surface area contributed by atoms with Crippen molar-refractivity contribution in [2.45, 2.75) is 95.9 Å². The predicted molar refractivity (Wildman–Crippen MR) is 131 cm³/mol. The maximum absolute atomic E-state index is 11.8. The van der Waals surface area contributed by atoms with E-state index >= 15 is 0 Å². The molecule has 0 spiro atoms. The summed E-state index contributed by atoms with van der Waals surface area (Å²) >= 11 is 0. The fourth-order valence-electron chi connectivity index (χ4n) is 4.28. The van der Waals surface area contributed by atoms with Gasteiger partial charge in [-0.3, -0.25) is 9.59 Å². The summed E-state index contributed by atoms with van der Waals surface area (Å²) in [6.45, 7) is 7.74. The zero-order chi connectivity index (χ0) is 25.8. The number of carbonyl (C=O) groups is 4. The van der Waals surface area contributed by atoms with E-state index in [1.165, 1.54) is 13.8 Å². The van der Waals surface area contributed by atoms with E-state index in [0.717, 1.165) is 19.3 Å². The van der Waals surface area contributed by atoms with Crippen LogP contribution in [-0.2, 0) is 28.7 Å². The van der Waals surface area contributed by atoms with Crippen LogP contribution in [0.25, 0.3) is 0 Å². The highest BCUT2D eigenvalue weighted by Gasteiger charge is 2.44. The molecule has 2 unspecified atom stereocenters. The molecule has 2 fully saturated rings. The quantitative estimate of drug-likeness (QED) is 0.282. The maximum atomic E-state index is 11.8. The van der Waals surface area contributed by atoms with E-state index in [4.69, 9.17) is 9.47 Å². The molecule has 11 nitrogen and oxygen atoms in total. The number of hydrogen-bond acceptors (Lipinski definition) is 9. The number of amides is 2. The fraction of sp³-hybridized carbons (Fsp3) is 0.826. The minimum Gasteiger partial charge on any atom is -0.464 e. The molecule has 1 saturated carbocycles. The molecule has 35 heavy (non-hydrogen) atoms. The van der Waals surface area contributed by atoms with E-state index < -0.39 is 35.2 Å². The first-order valence-corrected chi connectivity index (χ1v) is 12.0. The van der Waals surface area contributed by atoms with Gasteiger partial charge in [-0.2, -0.15) is 0 Å². The second-order valence-corrected chi connectivity index (χ2v) is 8.79. The Kier molecular flexibility index (Phi) is 15.0. The third-order valence-electron chi connectivity index (χ3n) is 6.00. The molecular weight excluding hydrogens is 482 g/mol. The molecule has 0 aromatic carbocycles. The number of halogens is 1. The number of hydrogen-bond donors (Lipinski definition) is 5. The van der Waals surface area contributed by atoms with Crippen LogP contribution in [0.1, 0.15) is 72.6 Å². The summed E-state index contributed by atoms with van der Waals surface area (Å²) in [5.41, 5.74) is -2.38. The van der Waals surface area contributed by atoms with Gasteiger partial charge in [-0.25, -0.2) is 9.59 Å². The molecule has 12 heteroatoms. The minimum atomic E-state index is -1.22. The second-order valence-electron chi connectivity index (χ2n) is 8.79. The molecule has 2 atom stereocenters. The molecule has 1 aliphatic heterocycles. The Labute approximate surface area is 213 Å². The lowest BCUT2D eigenvalue weighted by Gasteiger charge is -2.38. The SMILES string of the molecule is CCOC(=O)C(NC(C)=O)C1(O)CCCCC1.CCOC(=O)C(NC(C)=O)C1(O)CCNCC1.Cl. The average molecular weight is 524 g/mol. The van der Waals surface area contributed by atoms with Gasteiger partial charge in [0, 0.05) is 13.8 Å². The molecule has 0 bridgehead atoms. The Morgan fingerprint density at radius 2 is 1.14 bits per heavy atom. The van der Waals surface area contributed by atoms with Gasteiger partial charge in [-0.15, -0.1) is 12.4 Å². The summed E-state index contributed by atoms with van der Waals surface area (Å²) in [4.78, 5) is 45.8. The number of piperidine rings is 1. The average Bonchev–Trinajstić information content (AvgIpc) is 2.77. The van der Waals surface area contributed by atoms with Gasteiger partial charge in [0.25, 0.3) is 0 Å². The molecule has 2 amide bonds. The summed E-state index contributed by atoms with van der Waals surface area (Å²) in [6, 6.07) is -1.93. The molecule has 2 rings (SSSR count). The molecule has 0 aromatic rings. The topological polar surface area (TPSA) is 163 Å². The summed E-state index contributed by atoms with van der Waals surface area (Å²) in [5.74, 6) is -1.81. The zero-order valence-corrected chi connectivity index (χ0v) is 22.0. The zero-order valence-electron chi connectivity index (χ0n) is 21.2. The van der Waals surface area contributed by atoms with Gasteiger partial charge in [0.1, 0.15) is 0 Å². The van der Waals surface area contributed by atoms with Gasteiger partial charge in [0.2, 0.25) is 11.8 Å². The standard InChI is InChI=1S/C12H21NO4.C11H20N2O4.ClH/c1-3-17-11(15)10(13-9(2)14)12(16)7-5-4-6-8-12;1-3-17-10(15)9(13-8(2)14)11(16)4-6-12-7-5-11;/h10,16H,3-8H2,1-2H3,(H,13,14);9,12,16H,3-7H2,1-2H3,(H,13,14);1H. The molecule has 204 valence electrons. The molecule has 5 N–H and O–H groups in total. The summed E-state index contributed by atoms with van der Waals surface area (Å²) in [7, 11) is 0. The molecule has 2 aliphatic rings. The Bertz CT molecular complexity index is 636. The summed E-state index contributed by atoms with van der Waals surface area (Å²) in [5, 5.41) is 29.0. The van der Waals surface area contributed by atoms with Crippen molar-refractivity contribution in [1.82, 2.24) is 16.0 Å². The molecule has 0 radical (unpaired) electrons. The van der Waals surface area contributed by atoms with Crippen LogP contribution in [0.3, 0.4) is 0 Å². The minimum absolute atomic E-state index is 0. The van der Waals surface area contributed by atoms with Gasteiger partial charge in [0.05, 0.1) is 24.4 Å². The van der Waals surface area contributed by atoms with Crippen LogP contribution < -0.4 is 16.0 Å². The van der Waals surface area contributed by atoms with Crippen LogP contribution in [-0.4, -0.2) is 83.6 Å². The number of aliphatic hydroxyl groups is 2. The van der Waals surface area contributed by atoms with Crippen LogP contribution >= 0.6 is 12.4 Å². The first kappa shape index (κ1) is 33.0. The van der Waals surface area contributed by atoms with Crippen molar-refractivity contribution in [3.63, 3.8) is 0 Å². The Balaban J connectivity index is 0.000000642. The molecule has 0 aromatic heterocycles. The van der Waals surface area contributed by atoms with Crippen molar-refractivity contribution in [2.24, 2.45) is 0 Å². The van der Waals surface area contributed by atoms with Crippen molar-refractivity contribution in [3.05, 3.63) is 0 Å². The third-order valence-corrected chi connectivity index (χ3v) is 6.00. The first-order valence-electron chi connectivity index (χ1n) is 12.0. The van der Waals surface area contributed by atoms with Gasteiger partial charge in [-0.1, -0.05) is 19.3 Å². The van der Waals surface area contributed by atoms with Crippen molar-refractivity contribution >= 4 is 36.2 Å². The number of esters is 2. The Morgan fingerprint density at radius 1 is 0.771 bits per heavy atom. The van der Waals surface area contributed by atoms with E-state index in [1.807, 2.05) is 0 Å². The van der Waals surface area contributed by atoms with E-state index in [2.05, 4.69) is 16.0 Å². The van der Waals surface area contributed by atoms with Gasteiger partial charge >= 0.3 is 11.9 Å². The van der Waals surface area contributed by atoms with Crippen molar-refractivity contribution in [2.75, 3.05) is 26.3 Å². The highest BCUT2D eigenvalue weighted by molar-refractivity contribution is 5.85. The second kappa shape index (κ2) is 15.9. The molecule has 1 heterocycles. The number of carbonyl (C=O) groups excluding carboxylic acids is 4. The number of rotatable bonds is 8. The Morgan fingerprint density at radius 3 is 1.49 bits per heavy atom. The lowest BCUT2D eigenvalue weighted by Crippen LogP contribution is -2.60. The molecular formula is C23H42ClN3O8. The largest absolute Gasteiger partial charge is 0.464 e. The van der Waals surface area contributed by atoms with Crippen LogP contribution in [0.4, 0.5) is 0 Å². The lowest BCUT2D eigenvalue weighted by molar-refractivity contribution is -0.158. The van der Waals surface area contributed by atoms with Crippen LogP contribution in [0.2, 0.25) is 0 Å². The van der Waals surface area contributed by atoms with Crippen molar-refractivity contribution in [3.8, 4) is 0 Å². The Hall–Kier alpha value is -1.95. The third kappa shape index (κ3) is 10.7. The fourth-order valence-corrected chi connectivity index (χ4v) is 4.28. The van der Waals surface area contributed by atoms with Crippen molar-refractivity contribution < 1.29 is 38.9 Å². The van der Waals surface area contributed by atoms with Gasteiger partial charge in [0.15, 0.2) is 12.1 Å². The van der Waals surface area contributed by atoms with Crippen LogP contribution in [0, 0.1) is 0 Å². The van der Waals surface area contributed by atoms with Gasteiger partial charge < -0.3 is 35.6 Å². The lowest BCUT2D eigenvalue weighted by atomic mass is 9.79. The summed E-state index contributed by atoms with van der Waals surface area (Å²) in [6.07, 6.45) is 4.66. The van der Waals surface area contributed by atoms with Gasteiger partial charge in [-0.05, 0) is 52.6 Å². The van der Waals surface area contributed by atoms with E-state index in [-0.39, 0.29) is 37.4 Å². The van der Waals surface area contributed by atoms with Crippen LogP contribution in [0.15, 0.2) is 0 Å². The molecule has 1 aliphatic carbocycles. The number of nitrogens with one attached hydrogen (secondary N) is 3. The van der Waals surface area contributed by atoms with E-state index in [0.29, 0.717) is 38.8 Å². The van der Waals surface area contributed by atoms with Crippen molar-refractivity contribution in [1.29, 1.82) is 0 Å². The van der Waals surface area contributed by atoms with E-state index in [9.17, 15) is 29.4 Å². The summed E-state index contributed by atoms with van der Waals surface area (Å²) < 4.78 is 9.80. The number of ether oxygens (including phenoxy) is 2. The highest BCUT2D eigenvalue weighted by Crippen LogP contribution is 2.31. The van der Waals surface area contributed by atoms with Crippen LogP contribution in [0.5, 0.6) is 0 Å². The molecule has 1 saturated heterocycles. The van der Waals surface area contributed by atoms with E-state index in [1.54, 1.807) is 13.8 Å². The predicted octanol–water partition coefficient (Wildman–Crippen LogP) is 0.340. The maximum Gasteiger partial charge on any atom is 0.331 e. The normalized spacial score (nSPS) is 19.8. The first-order chi connectivity index (χ1) is 16.0.